The Kier molecular flexibility index (Phi) is 6.22. The summed E-state index contributed by atoms with van der Waals surface area (Å²) in [6.45, 7) is 3.07. The fraction of sp³-hybridized carbons (Fsp3) is 0.810. The summed E-state index contributed by atoms with van der Waals surface area (Å²) in [5.41, 5.74) is 0.810. The molecule has 1 saturated heterocycles. The molecular weight excluding hydrogens is 408 g/mol. The SMILES string of the molecule is O=C(C1=CC2CC(Br)CCC2OC1)N1CCN(C(=O)C2CCCCC2)CC1. The van der Waals surface area contributed by atoms with Gasteiger partial charge >= 0.3 is 0 Å². The van der Waals surface area contributed by atoms with Gasteiger partial charge in [-0.1, -0.05) is 41.3 Å². The number of rotatable bonds is 2. The van der Waals surface area contributed by atoms with Gasteiger partial charge in [-0.25, -0.2) is 0 Å². The Labute approximate surface area is 170 Å². The molecule has 0 aromatic heterocycles. The van der Waals surface area contributed by atoms with E-state index in [2.05, 4.69) is 22.0 Å². The zero-order valence-electron chi connectivity index (χ0n) is 16.1. The van der Waals surface area contributed by atoms with Gasteiger partial charge < -0.3 is 14.5 Å². The number of nitrogens with zero attached hydrogens (tertiary/aromatic N) is 2. The third-order valence-corrected chi connectivity index (χ3v) is 7.58. The van der Waals surface area contributed by atoms with Gasteiger partial charge in [0.2, 0.25) is 5.91 Å². The van der Waals surface area contributed by atoms with Crippen LogP contribution in [-0.4, -0.2) is 65.3 Å². The van der Waals surface area contributed by atoms with E-state index in [1.807, 2.05) is 9.80 Å². The van der Waals surface area contributed by atoms with Crippen LogP contribution in [0, 0.1) is 11.8 Å². The van der Waals surface area contributed by atoms with Crippen molar-refractivity contribution in [3.8, 4) is 0 Å². The van der Waals surface area contributed by atoms with Crippen molar-refractivity contribution in [2.24, 2.45) is 11.8 Å². The fourth-order valence-corrected chi connectivity index (χ4v) is 5.78. The highest BCUT2D eigenvalue weighted by Gasteiger charge is 2.35. The fourth-order valence-electron chi connectivity index (χ4n) is 5.08. The van der Waals surface area contributed by atoms with Crippen molar-refractivity contribution in [2.45, 2.75) is 62.3 Å². The number of hydrogen-bond acceptors (Lipinski definition) is 3. The lowest BCUT2D eigenvalue weighted by atomic mass is 9.83. The highest BCUT2D eigenvalue weighted by molar-refractivity contribution is 9.09. The summed E-state index contributed by atoms with van der Waals surface area (Å²) in [5.74, 6) is 0.992. The van der Waals surface area contributed by atoms with Gasteiger partial charge in [-0.2, -0.15) is 0 Å². The maximum Gasteiger partial charge on any atom is 0.251 e. The zero-order chi connectivity index (χ0) is 18.8. The maximum atomic E-state index is 12.9. The van der Waals surface area contributed by atoms with Crippen LogP contribution in [0.2, 0.25) is 0 Å². The minimum absolute atomic E-state index is 0.106. The van der Waals surface area contributed by atoms with Gasteiger partial charge in [-0.3, -0.25) is 9.59 Å². The largest absolute Gasteiger partial charge is 0.373 e. The molecule has 27 heavy (non-hydrogen) atoms. The molecule has 150 valence electrons. The first-order chi connectivity index (χ1) is 13.1. The zero-order valence-corrected chi connectivity index (χ0v) is 17.7. The predicted molar refractivity (Wildman–Crippen MR) is 108 cm³/mol. The van der Waals surface area contributed by atoms with E-state index in [4.69, 9.17) is 4.74 Å². The Morgan fingerprint density at radius 2 is 1.67 bits per heavy atom. The summed E-state index contributed by atoms with van der Waals surface area (Å²) in [6.07, 6.45) is 11.4. The molecule has 4 aliphatic rings. The standard InChI is InChI=1S/C21H31BrN2O3/c22-18-6-7-19-16(13-18)12-17(14-27-19)21(26)24-10-8-23(9-11-24)20(25)15-4-2-1-3-5-15/h12,15-16,18-19H,1-11,13-14H2. The van der Waals surface area contributed by atoms with Gasteiger partial charge in [-0.05, 0) is 32.1 Å². The average molecular weight is 439 g/mol. The molecule has 3 fully saturated rings. The summed E-state index contributed by atoms with van der Waals surface area (Å²) in [5, 5.41) is 0. The number of hydrogen-bond donors (Lipinski definition) is 0. The monoisotopic (exact) mass is 438 g/mol. The number of ether oxygens (including phenoxy) is 1. The highest BCUT2D eigenvalue weighted by atomic mass is 79.9. The van der Waals surface area contributed by atoms with Gasteiger partial charge in [0.25, 0.3) is 5.91 Å². The Morgan fingerprint density at radius 1 is 0.963 bits per heavy atom. The van der Waals surface area contributed by atoms with Crippen molar-refractivity contribution in [1.29, 1.82) is 0 Å². The third kappa shape index (κ3) is 4.42. The Bertz CT molecular complexity index is 594. The molecule has 0 radical (unpaired) electrons. The first-order valence-corrected chi connectivity index (χ1v) is 11.6. The second-order valence-electron chi connectivity index (χ2n) is 8.57. The summed E-state index contributed by atoms with van der Waals surface area (Å²) in [4.78, 5) is 30.1. The highest BCUT2D eigenvalue weighted by Crippen LogP contribution is 2.35. The van der Waals surface area contributed by atoms with Crippen LogP contribution in [0.1, 0.15) is 51.4 Å². The molecule has 5 nitrogen and oxygen atoms in total. The van der Waals surface area contributed by atoms with Gasteiger partial charge in [-0.15, -0.1) is 0 Å². The van der Waals surface area contributed by atoms with E-state index < -0.39 is 0 Å². The third-order valence-electron chi connectivity index (χ3n) is 6.75. The van der Waals surface area contributed by atoms with Gasteiger partial charge in [0, 0.05) is 48.4 Å². The van der Waals surface area contributed by atoms with E-state index in [9.17, 15) is 9.59 Å². The molecule has 2 amide bonds. The Balaban J connectivity index is 1.31. The van der Waals surface area contributed by atoms with Gasteiger partial charge in [0.05, 0.1) is 12.7 Å². The molecule has 0 aromatic rings. The summed E-state index contributed by atoms with van der Waals surface area (Å²) in [7, 11) is 0. The van der Waals surface area contributed by atoms with Gasteiger partial charge in [0.1, 0.15) is 0 Å². The lowest BCUT2D eigenvalue weighted by Crippen LogP contribution is -2.53. The number of carbonyl (C=O) groups is 2. The van der Waals surface area contributed by atoms with Crippen molar-refractivity contribution < 1.29 is 14.3 Å². The number of halogens is 1. The molecule has 0 spiro atoms. The number of amides is 2. The molecule has 0 N–H and O–H groups in total. The normalized spacial score (nSPS) is 32.6. The summed E-state index contributed by atoms with van der Waals surface area (Å²) < 4.78 is 5.99. The van der Waals surface area contributed by atoms with E-state index in [-0.39, 0.29) is 17.9 Å². The molecule has 2 saturated carbocycles. The van der Waals surface area contributed by atoms with Gasteiger partial charge in [0.15, 0.2) is 0 Å². The van der Waals surface area contributed by atoms with Crippen molar-refractivity contribution >= 4 is 27.7 Å². The minimum Gasteiger partial charge on any atom is -0.373 e. The average Bonchev–Trinajstić information content (AvgIpc) is 2.73. The lowest BCUT2D eigenvalue weighted by Gasteiger charge is -2.39. The Morgan fingerprint density at radius 3 is 2.41 bits per heavy atom. The smallest absolute Gasteiger partial charge is 0.251 e. The van der Waals surface area contributed by atoms with E-state index in [0.29, 0.717) is 49.4 Å². The number of alkyl halides is 1. The first-order valence-electron chi connectivity index (χ1n) is 10.7. The van der Waals surface area contributed by atoms with E-state index >= 15 is 0 Å². The van der Waals surface area contributed by atoms with Crippen molar-refractivity contribution in [3.05, 3.63) is 11.6 Å². The topological polar surface area (TPSA) is 49.9 Å². The summed E-state index contributed by atoms with van der Waals surface area (Å²) >= 11 is 3.72. The van der Waals surface area contributed by atoms with Crippen LogP contribution in [0.15, 0.2) is 11.6 Å². The molecule has 2 heterocycles. The molecule has 3 unspecified atom stereocenters. The number of piperazine rings is 1. The first kappa shape index (κ1) is 19.4. The van der Waals surface area contributed by atoms with Crippen molar-refractivity contribution in [1.82, 2.24) is 9.80 Å². The van der Waals surface area contributed by atoms with Crippen LogP contribution in [-0.2, 0) is 14.3 Å². The van der Waals surface area contributed by atoms with Crippen molar-refractivity contribution in [2.75, 3.05) is 32.8 Å². The number of carbonyl (C=O) groups excluding carboxylic acids is 2. The maximum absolute atomic E-state index is 12.9. The van der Waals surface area contributed by atoms with E-state index in [1.165, 1.54) is 19.3 Å². The minimum atomic E-state index is 0.106. The van der Waals surface area contributed by atoms with Crippen LogP contribution < -0.4 is 0 Å². The van der Waals surface area contributed by atoms with Crippen LogP contribution >= 0.6 is 15.9 Å². The molecule has 0 aromatic carbocycles. The molecule has 6 heteroatoms. The molecule has 3 atom stereocenters. The quantitative estimate of drug-likeness (QED) is 0.622. The second-order valence-corrected chi connectivity index (χ2v) is 9.86. The van der Waals surface area contributed by atoms with Crippen molar-refractivity contribution in [3.63, 3.8) is 0 Å². The van der Waals surface area contributed by atoms with Crippen LogP contribution in [0.3, 0.4) is 0 Å². The van der Waals surface area contributed by atoms with Crippen LogP contribution in [0.25, 0.3) is 0 Å². The second kappa shape index (κ2) is 8.64. The molecule has 0 bridgehead atoms. The molecule has 2 aliphatic carbocycles. The summed E-state index contributed by atoms with van der Waals surface area (Å²) in [6, 6.07) is 0. The molecule has 2 aliphatic heterocycles. The number of fused-ring (bicyclic) bond motifs is 1. The van der Waals surface area contributed by atoms with Crippen LogP contribution in [0.5, 0.6) is 0 Å². The lowest BCUT2D eigenvalue weighted by molar-refractivity contribution is -0.142. The van der Waals surface area contributed by atoms with E-state index in [0.717, 1.165) is 37.7 Å². The van der Waals surface area contributed by atoms with Crippen LogP contribution in [0.4, 0.5) is 0 Å². The molecular formula is C21H31BrN2O3. The molecule has 4 rings (SSSR count). The Hall–Kier alpha value is -0.880. The predicted octanol–water partition coefficient (Wildman–Crippen LogP) is 3.13. The van der Waals surface area contributed by atoms with E-state index in [1.54, 1.807) is 0 Å².